The third-order valence-corrected chi connectivity index (χ3v) is 48.7. The molecule has 20 saturated carbocycles. The molecule has 128 heavy (non-hydrogen) atoms. The maximum absolute atomic E-state index is 12.6. The van der Waals surface area contributed by atoms with Crippen LogP contribution in [0.1, 0.15) is 483 Å². The van der Waals surface area contributed by atoms with Crippen molar-refractivity contribution in [3.63, 3.8) is 0 Å². The molecular weight excluding hydrogens is 1640 g/mol. The summed E-state index contributed by atoms with van der Waals surface area (Å²) < 4.78 is 0. The number of ketones is 3. The van der Waals surface area contributed by atoms with E-state index >= 15 is 0 Å². The molecule has 39 atom stereocenters. The fourth-order valence-corrected chi connectivity index (χ4v) is 42.3. The number of aliphatic hydroxyl groups is 6. The first kappa shape index (κ1) is 107. The Morgan fingerprint density at radius 1 is 0.344 bits per heavy atom. The molecule has 0 aliphatic heterocycles. The monoisotopic (exact) mass is 1850 g/mol. The van der Waals surface area contributed by atoms with Gasteiger partial charge in [-0.1, -0.05) is 134 Å². The number of alkyl halides is 1. The molecule has 0 aromatic carbocycles. The number of rotatable bonds is 9. The van der Waals surface area contributed by atoms with Crippen LogP contribution in [0.3, 0.4) is 0 Å². The molecule has 20 fully saturated rings. The lowest BCUT2D eigenvalue weighted by Crippen LogP contribution is -2.56. The zero-order valence-electron chi connectivity index (χ0n) is 82.3. The molecule has 20 rings (SSSR count). The topological polar surface area (TPSA) is 173 Å². The van der Waals surface area contributed by atoms with E-state index in [9.17, 15) is 45.0 Å². The zero-order valence-corrected chi connectivity index (χ0v) is 83.9. The van der Waals surface area contributed by atoms with E-state index in [1.165, 1.54) is 225 Å². The van der Waals surface area contributed by atoms with E-state index in [2.05, 4.69) is 126 Å². The smallest absolute Gasteiger partial charge is 0.147 e. The highest BCUT2D eigenvalue weighted by molar-refractivity contribution is 9.09. The van der Waals surface area contributed by atoms with Gasteiger partial charge >= 0.3 is 0 Å². The SMILES string of the molecule is C.C.C.C.C.CC=C1CC[C@H]2[C@@H]3CC[C@H]4C[C@](C)(O)CC[C@]4(CC)[C@H]3CC[C@]12C.CC[C@]12CCC(C)(O)C[C@@H]1CC[C@H]1[C@@H]3CC[C@H](C(C)O)[C@@]3(C)CC[C@@H]12.CC[C@]12CC[C@@](C)(O)C[C@@H]1CC[C@@H]1[C@@H]2CC[C@]2(C)C(=O)CC[C@@H]12.CC[C@]12CC[C@@](C)(O)C[C@@H]1CC[C@H]1[C@@H]3CC[C@H](C(=O)CBr)[C@@]3(C)CC[C@@H]12.CC[C@]12CC[C@@](C)(O)C[C@@H]1CC[C@H]1[C@@H]3CC[C@H](C(C)=O)[C@@]3(C)CC[C@@H]12. The van der Waals surface area contributed by atoms with Crippen LogP contribution in [-0.2, 0) is 14.4 Å². The second-order valence-corrected chi connectivity index (χ2v) is 53.0. The van der Waals surface area contributed by atoms with Crippen molar-refractivity contribution >= 4 is 33.3 Å². The number of carbonyl (C=O) groups excluding carboxylic acids is 3. The number of carbonyl (C=O) groups is 3. The maximum Gasteiger partial charge on any atom is 0.147 e. The summed E-state index contributed by atoms with van der Waals surface area (Å²) in [5.74, 6) is 18.7. The van der Waals surface area contributed by atoms with Crippen molar-refractivity contribution in [1.29, 1.82) is 0 Å². The van der Waals surface area contributed by atoms with E-state index in [1.54, 1.807) is 5.57 Å². The molecule has 9 nitrogen and oxygen atoms in total. The van der Waals surface area contributed by atoms with Crippen molar-refractivity contribution in [2.24, 2.45) is 190 Å². The van der Waals surface area contributed by atoms with Crippen LogP contribution in [0.2, 0.25) is 0 Å². The first-order valence-electron chi connectivity index (χ1n) is 54.0. The van der Waals surface area contributed by atoms with Gasteiger partial charge in [0.1, 0.15) is 17.3 Å². The lowest BCUT2D eigenvalue weighted by molar-refractivity contribution is -0.158. The van der Waals surface area contributed by atoms with Gasteiger partial charge in [-0.05, 0) is 543 Å². The minimum Gasteiger partial charge on any atom is -0.393 e. The molecule has 0 aromatic rings. The minimum atomic E-state index is -0.444. The molecule has 740 valence electrons. The maximum atomic E-state index is 12.6. The Hall–Kier alpha value is -1.01. The van der Waals surface area contributed by atoms with E-state index in [1.807, 2.05) is 20.8 Å². The summed E-state index contributed by atoms with van der Waals surface area (Å²) in [7, 11) is 0. The van der Waals surface area contributed by atoms with Crippen LogP contribution < -0.4 is 0 Å². The number of aliphatic hydroxyl groups excluding tert-OH is 1. The van der Waals surface area contributed by atoms with Gasteiger partial charge in [-0.25, -0.2) is 0 Å². The van der Waals surface area contributed by atoms with Gasteiger partial charge in [0.2, 0.25) is 0 Å². The van der Waals surface area contributed by atoms with Crippen LogP contribution in [0.5, 0.6) is 0 Å². The molecule has 0 aromatic heterocycles. The lowest BCUT2D eigenvalue weighted by Gasteiger charge is -2.63. The average molecular weight is 1850 g/mol. The second-order valence-electron chi connectivity index (χ2n) is 52.4. The Labute approximate surface area is 797 Å². The molecule has 0 spiro atoms. The summed E-state index contributed by atoms with van der Waals surface area (Å²) in [6, 6.07) is 0. The van der Waals surface area contributed by atoms with E-state index in [0.29, 0.717) is 90.2 Å². The second kappa shape index (κ2) is 38.9. The van der Waals surface area contributed by atoms with Crippen LogP contribution in [0.25, 0.3) is 0 Å². The molecule has 0 heterocycles. The molecule has 20 aliphatic carbocycles. The Morgan fingerprint density at radius 3 is 0.945 bits per heavy atom. The Balaban J connectivity index is 0.000000154. The molecule has 0 saturated heterocycles. The van der Waals surface area contributed by atoms with Gasteiger partial charge in [0.25, 0.3) is 0 Å². The highest BCUT2D eigenvalue weighted by atomic mass is 79.9. The Bertz CT molecular complexity index is 3790. The van der Waals surface area contributed by atoms with Gasteiger partial charge in [-0.15, -0.1) is 0 Å². The van der Waals surface area contributed by atoms with Gasteiger partial charge in [0.15, 0.2) is 0 Å². The predicted octanol–water partition coefficient (Wildman–Crippen LogP) is 30.3. The number of allylic oxidation sites excluding steroid dienone is 2. The molecule has 2 unspecified atom stereocenters. The molecule has 20 aliphatic rings. The standard InChI is InChI=1S/C23H37BrO2.C23H40O2.C23H38O2.C23H38O.C21H34O2.5CH4/c1-4-23-12-11-21(2,26)13-15(23)5-6-16-17-7-8-19(20(25)14-24)22(17,3)10-9-18(16)23;2*1-5-23-13-12-21(3,25)14-16(23)6-7-17-19-9-8-18(15(2)24)22(19,4)11-10-20(17)23;1-5-16-8-10-19-18-9-7-17-15-21(3,24)13-14-23(17,6-2)20(18)11-12-22(16,19)4;1-4-21-12-11-19(2,23)13-14(21)5-6-15-16-7-8-18(22)20(16,3)10-9-17(15)21;;;;;/h15-19,26H,4-14H2,1-3H3;15-20,24-25H,5-14H2,1-4H3;16-20,25H,5-14H2,1-4H3;5,17-20,24H,6-15H2,1-4H3;14-17,23H,4-13H2,1-3H3;5*1H4/t15-,16-,17-,18-,19+,21+,22-,23-;15?,16-,17-,18+,19-,20-,21?,22+,23-;16-,17-,18+,19-,20-,21+,22+,23-;17-,18-,19-,20-,21+,22+,23-;14-,15-,16-,17-,19+,20-,21-;;;;;/m00000...../s1. The van der Waals surface area contributed by atoms with Gasteiger partial charge in [-0.2, -0.15) is 0 Å². The van der Waals surface area contributed by atoms with Crippen molar-refractivity contribution in [3.05, 3.63) is 11.6 Å². The van der Waals surface area contributed by atoms with Crippen LogP contribution in [-0.4, -0.2) is 87.4 Å². The van der Waals surface area contributed by atoms with E-state index in [-0.39, 0.29) is 65.4 Å². The number of halogens is 1. The van der Waals surface area contributed by atoms with Crippen molar-refractivity contribution in [1.82, 2.24) is 0 Å². The third-order valence-electron chi connectivity index (χ3n) is 48.1. The number of hydrogen-bond acceptors (Lipinski definition) is 9. The summed E-state index contributed by atoms with van der Waals surface area (Å²) in [4.78, 5) is 37.3. The lowest BCUT2D eigenvalue weighted by atomic mass is 9.42. The van der Waals surface area contributed by atoms with Crippen molar-refractivity contribution < 1.29 is 45.0 Å². The third kappa shape index (κ3) is 17.6. The zero-order chi connectivity index (χ0) is 88.4. The fraction of sp³-hybridized carbons (Fsp3) is 0.958. The summed E-state index contributed by atoms with van der Waals surface area (Å²) in [5, 5.41) is 64.2. The molecule has 0 radical (unpaired) electrons. The molecule has 0 bridgehead atoms. The first-order chi connectivity index (χ1) is 57.9. The van der Waals surface area contributed by atoms with Crippen molar-refractivity contribution in [2.75, 3.05) is 5.33 Å². The van der Waals surface area contributed by atoms with E-state index in [4.69, 9.17) is 0 Å². The van der Waals surface area contributed by atoms with E-state index < -0.39 is 28.0 Å². The Kier molecular flexibility index (Phi) is 32.6. The van der Waals surface area contributed by atoms with Crippen molar-refractivity contribution in [3.8, 4) is 0 Å². The van der Waals surface area contributed by atoms with Gasteiger partial charge in [0.05, 0.1) is 39.4 Å². The average Bonchev–Trinajstić information content (AvgIpc) is 1.38. The predicted molar refractivity (Wildman–Crippen MR) is 539 cm³/mol. The van der Waals surface area contributed by atoms with Crippen LogP contribution >= 0.6 is 15.9 Å². The Morgan fingerprint density at radius 2 is 0.625 bits per heavy atom. The van der Waals surface area contributed by atoms with Crippen LogP contribution in [0, 0.1) is 190 Å². The fourth-order valence-electron chi connectivity index (χ4n) is 41.9. The normalized spacial score (nSPS) is 53.2. The molecule has 0 amide bonds. The highest BCUT2D eigenvalue weighted by Crippen LogP contribution is 2.76. The number of hydrogen-bond donors (Lipinski definition) is 6. The summed E-state index contributed by atoms with van der Waals surface area (Å²) in [6.45, 7) is 40.8. The summed E-state index contributed by atoms with van der Waals surface area (Å²) in [5.41, 5.74) is 3.46. The largest absolute Gasteiger partial charge is 0.393 e. The molecular formula is C118H207BrO9. The van der Waals surface area contributed by atoms with Gasteiger partial charge in [0, 0.05) is 23.7 Å². The summed E-state index contributed by atoms with van der Waals surface area (Å²) >= 11 is 3.44. The van der Waals surface area contributed by atoms with Gasteiger partial charge in [-0.3, -0.25) is 14.4 Å². The van der Waals surface area contributed by atoms with Crippen LogP contribution in [0.4, 0.5) is 0 Å². The van der Waals surface area contributed by atoms with Crippen molar-refractivity contribution in [2.45, 2.75) is 517 Å². The number of fused-ring (bicyclic) bond motifs is 25. The molecule has 6 N–H and O–H groups in total. The number of Topliss-reactive ketones (excluding diaryl/α,β-unsaturated/α-hetero) is 3. The van der Waals surface area contributed by atoms with Crippen LogP contribution in [0.15, 0.2) is 11.6 Å². The first-order valence-corrected chi connectivity index (χ1v) is 55.1. The van der Waals surface area contributed by atoms with E-state index in [0.717, 1.165) is 197 Å². The van der Waals surface area contributed by atoms with Gasteiger partial charge < -0.3 is 30.6 Å². The minimum absolute atomic E-state index is 0. The molecule has 10 heteroatoms. The highest BCUT2D eigenvalue weighted by Gasteiger charge is 2.69. The quantitative estimate of drug-likeness (QED) is 0.0971. The summed E-state index contributed by atoms with van der Waals surface area (Å²) in [6.07, 6.45) is 63.7.